The van der Waals surface area contributed by atoms with Gasteiger partial charge in [-0.1, -0.05) is 48.5 Å². The summed E-state index contributed by atoms with van der Waals surface area (Å²) in [4.78, 5) is 0. The molecule has 0 atom stereocenters. The second kappa shape index (κ2) is 7.42. The van der Waals surface area contributed by atoms with Crippen molar-refractivity contribution < 1.29 is 4.42 Å². The Morgan fingerprint density at radius 2 is 1.62 bits per heavy atom. The van der Waals surface area contributed by atoms with Crippen molar-refractivity contribution in [3.63, 3.8) is 0 Å². The number of hydrogen-bond acceptors (Lipinski definition) is 3. The van der Waals surface area contributed by atoms with E-state index in [4.69, 9.17) is 9.52 Å². The van der Waals surface area contributed by atoms with E-state index in [1.165, 1.54) is 5.56 Å². The largest absolute Gasteiger partial charge is 0.460 e. The first-order valence-corrected chi connectivity index (χ1v) is 8.75. The summed E-state index contributed by atoms with van der Waals surface area (Å²) in [5, 5.41) is 8.28. The Hall–Kier alpha value is -3.11. The Bertz CT molecular complexity index is 971. The molecule has 0 amide bonds. The zero-order valence-corrected chi connectivity index (χ0v) is 14.7. The van der Waals surface area contributed by atoms with Crippen LogP contribution in [-0.2, 0) is 13.1 Å². The predicted octanol–water partition coefficient (Wildman–Crippen LogP) is 4.73. The third kappa shape index (κ3) is 3.60. The lowest BCUT2D eigenvalue weighted by Gasteiger charge is -2.04. The highest BCUT2D eigenvalue weighted by molar-refractivity contribution is 5.57. The number of nitrogens with zero attached hydrogens (tertiary/aromatic N) is 2. The Balaban J connectivity index is 1.60. The third-order valence-electron chi connectivity index (χ3n) is 4.27. The normalized spacial score (nSPS) is 11.0. The number of rotatable bonds is 6. The minimum atomic E-state index is 0.719. The van der Waals surface area contributed by atoms with Crippen LogP contribution in [0.1, 0.15) is 16.9 Å². The van der Waals surface area contributed by atoms with Gasteiger partial charge in [-0.3, -0.25) is 0 Å². The fraction of sp³-hybridized carbons (Fsp3) is 0.136. The summed E-state index contributed by atoms with van der Waals surface area (Å²) in [7, 11) is 0. The van der Waals surface area contributed by atoms with E-state index >= 15 is 0 Å². The average molecular weight is 343 g/mol. The maximum atomic E-state index is 5.82. The number of para-hydroxylation sites is 1. The molecule has 0 bridgehead atoms. The molecule has 0 aliphatic heterocycles. The molecule has 0 saturated carbocycles. The van der Waals surface area contributed by atoms with Gasteiger partial charge in [0.05, 0.1) is 5.69 Å². The first kappa shape index (κ1) is 16.4. The molecule has 2 heterocycles. The van der Waals surface area contributed by atoms with Gasteiger partial charge in [0.1, 0.15) is 11.5 Å². The summed E-state index contributed by atoms with van der Waals surface area (Å²) in [6, 6.07) is 24.5. The van der Waals surface area contributed by atoms with Gasteiger partial charge in [0.15, 0.2) is 5.76 Å². The summed E-state index contributed by atoms with van der Waals surface area (Å²) in [5.41, 5.74) is 4.28. The molecule has 2 aromatic heterocycles. The quantitative estimate of drug-likeness (QED) is 0.550. The maximum absolute atomic E-state index is 5.82. The standard InChI is InChI=1S/C22H21N3O/c1-17-12-13-21(26-17)22-19(15-23-14-18-8-4-2-5-9-18)16-25(24-22)20-10-6-3-7-11-20/h2-13,16,23H,14-15H2,1H3. The van der Waals surface area contributed by atoms with E-state index in [2.05, 4.69) is 35.8 Å². The molecule has 26 heavy (non-hydrogen) atoms. The van der Waals surface area contributed by atoms with Crippen LogP contribution in [0.5, 0.6) is 0 Å². The maximum Gasteiger partial charge on any atom is 0.154 e. The van der Waals surface area contributed by atoms with Gasteiger partial charge in [0.25, 0.3) is 0 Å². The van der Waals surface area contributed by atoms with Crippen molar-refractivity contribution in [2.75, 3.05) is 0 Å². The number of benzene rings is 2. The number of nitrogens with one attached hydrogen (secondary N) is 1. The molecule has 0 fully saturated rings. The lowest BCUT2D eigenvalue weighted by molar-refractivity contribution is 0.544. The Morgan fingerprint density at radius 3 is 2.31 bits per heavy atom. The number of furan rings is 1. The summed E-state index contributed by atoms with van der Waals surface area (Å²) < 4.78 is 7.73. The van der Waals surface area contributed by atoms with Crippen LogP contribution in [-0.4, -0.2) is 9.78 Å². The second-order valence-corrected chi connectivity index (χ2v) is 6.28. The SMILES string of the molecule is Cc1ccc(-c2nn(-c3ccccc3)cc2CNCc2ccccc2)o1. The molecule has 0 aliphatic rings. The van der Waals surface area contributed by atoms with Gasteiger partial charge in [0, 0.05) is 24.8 Å². The van der Waals surface area contributed by atoms with Gasteiger partial charge in [-0.15, -0.1) is 0 Å². The number of aryl methyl sites for hydroxylation is 1. The molecular weight excluding hydrogens is 322 g/mol. The topological polar surface area (TPSA) is 43.0 Å². The first-order valence-electron chi connectivity index (χ1n) is 8.75. The average Bonchev–Trinajstić information content (AvgIpc) is 3.30. The van der Waals surface area contributed by atoms with Crippen LogP contribution in [0.25, 0.3) is 17.1 Å². The first-order chi connectivity index (χ1) is 12.8. The molecule has 0 spiro atoms. The van der Waals surface area contributed by atoms with E-state index in [0.29, 0.717) is 0 Å². The molecule has 130 valence electrons. The van der Waals surface area contributed by atoms with Crippen LogP contribution in [0, 0.1) is 6.92 Å². The second-order valence-electron chi connectivity index (χ2n) is 6.28. The zero-order chi connectivity index (χ0) is 17.8. The van der Waals surface area contributed by atoms with Gasteiger partial charge in [-0.25, -0.2) is 4.68 Å². The van der Waals surface area contributed by atoms with Crippen molar-refractivity contribution in [1.82, 2.24) is 15.1 Å². The van der Waals surface area contributed by atoms with E-state index in [0.717, 1.165) is 41.6 Å². The van der Waals surface area contributed by atoms with Crippen LogP contribution in [0.15, 0.2) is 83.4 Å². The highest BCUT2D eigenvalue weighted by atomic mass is 16.3. The van der Waals surface area contributed by atoms with Crippen molar-refractivity contribution in [3.05, 3.63) is 95.9 Å². The van der Waals surface area contributed by atoms with E-state index in [-0.39, 0.29) is 0 Å². The van der Waals surface area contributed by atoms with E-state index in [1.807, 2.05) is 60.1 Å². The van der Waals surface area contributed by atoms with E-state index in [1.54, 1.807) is 0 Å². The molecule has 4 aromatic rings. The molecule has 4 heteroatoms. The molecule has 0 aliphatic carbocycles. The summed E-state index contributed by atoms with van der Waals surface area (Å²) in [5.74, 6) is 1.69. The molecule has 0 unspecified atom stereocenters. The third-order valence-corrected chi connectivity index (χ3v) is 4.27. The minimum Gasteiger partial charge on any atom is -0.460 e. The highest BCUT2D eigenvalue weighted by Gasteiger charge is 2.15. The Morgan fingerprint density at radius 1 is 0.885 bits per heavy atom. The smallest absolute Gasteiger partial charge is 0.154 e. The van der Waals surface area contributed by atoms with E-state index in [9.17, 15) is 0 Å². The molecular formula is C22H21N3O. The van der Waals surface area contributed by atoms with Crippen molar-refractivity contribution in [2.24, 2.45) is 0 Å². The molecule has 2 aromatic carbocycles. The Labute approximate surface area is 153 Å². The Kier molecular flexibility index (Phi) is 4.67. The lowest BCUT2D eigenvalue weighted by atomic mass is 10.2. The summed E-state index contributed by atoms with van der Waals surface area (Å²) in [6.07, 6.45) is 2.07. The summed E-state index contributed by atoms with van der Waals surface area (Å²) in [6.45, 7) is 3.48. The van der Waals surface area contributed by atoms with Crippen LogP contribution < -0.4 is 5.32 Å². The fourth-order valence-electron chi connectivity index (χ4n) is 2.96. The molecule has 4 nitrogen and oxygen atoms in total. The molecule has 0 saturated heterocycles. The zero-order valence-electron chi connectivity index (χ0n) is 14.7. The summed E-state index contributed by atoms with van der Waals surface area (Å²) >= 11 is 0. The van der Waals surface area contributed by atoms with Crippen molar-refractivity contribution in [1.29, 1.82) is 0 Å². The van der Waals surface area contributed by atoms with Gasteiger partial charge in [-0.05, 0) is 36.8 Å². The van der Waals surface area contributed by atoms with Crippen molar-refractivity contribution >= 4 is 0 Å². The number of hydrogen-bond donors (Lipinski definition) is 1. The van der Waals surface area contributed by atoms with Gasteiger partial charge in [0.2, 0.25) is 0 Å². The minimum absolute atomic E-state index is 0.719. The molecule has 1 N–H and O–H groups in total. The van der Waals surface area contributed by atoms with E-state index < -0.39 is 0 Å². The van der Waals surface area contributed by atoms with Crippen LogP contribution in [0.2, 0.25) is 0 Å². The number of aromatic nitrogens is 2. The van der Waals surface area contributed by atoms with Crippen LogP contribution >= 0.6 is 0 Å². The van der Waals surface area contributed by atoms with Crippen LogP contribution in [0.4, 0.5) is 0 Å². The lowest BCUT2D eigenvalue weighted by Crippen LogP contribution is -2.12. The van der Waals surface area contributed by atoms with Gasteiger partial charge in [-0.2, -0.15) is 5.10 Å². The molecule has 4 rings (SSSR count). The highest BCUT2D eigenvalue weighted by Crippen LogP contribution is 2.25. The van der Waals surface area contributed by atoms with Gasteiger partial charge >= 0.3 is 0 Å². The predicted molar refractivity (Wildman–Crippen MR) is 103 cm³/mol. The fourth-order valence-corrected chi connectivity index (χ4v) is 2.96. The van der Waals surface area contributed by atoms with Crippen molar-refractivity contribution in [3.8, 4) is 17.1 Å². The monoisotopic (exact) mass is 343 g/mol. The van der Waals surface area contributed by atoms with Gasteiger partial charge < -0.3 is 9.73 Å². The van der Waals surface area contributed by atoms with Crippen LogP contribution in [0.3, 0.4) is 0 Å². The van der Waals surface area contributed by atoms with Crippen molar-refractivity contribution in [2.45, 2.75) is 20.0 Å². The molecule has 0 radical (unpaired) electrons.